The lowest BCUT2D eigenvalue weighted by Gasteiger charge is -2.34. The van der Waals surface area contributed by atoms with Crippen LogP contribution in [0.2, 0.25) is 0 Å². The number of tetrazole rings is 2. The summed E-state index contributed by atoms with van der Waals surface area (Å²) in [7, 11) is 1.74. The fourth-order valence-electron chi connectivity index (χ4n) is 3.00. The van der Waals surface area contributed by atoms with Gasteiger partial charge in [0.2, 0.25) is 11.1 Å². The summed E-state index contributed by atoms with van der Waals surface area (Å²) in [5, 5.41) is 23.6. The van der Waals surface area contributed by atoms with Crippen molar-refractivity contribution in [2.75, 3.05) is 31.9 Å². The van der Waals surface area contributed by atoms with Crippen LogP contribution in [-0.4, -0.2) is 88.1 Å². The van der Waals surface area contributed by atoms with Gasteiger partial charge in [0.25, 0.3) is 0 Å². The molecule has 0 atom stereocenters. The summed E-state index contributed by atoms with van der Waals surface area (Å²) in [6.45, 7) is 3.26. The van der Waals surface area contributed by atoms with Crippen LogP contribution >= 0.6 is 11.8 Å². The van der Waals surface area contributed by atoms with Gasteiger partial charge in [-0.05, 0) is 45.1 Å². The molecule has 11 nitrogen and oxygen atoms in total. The summed E-state index contributed by atoms with van der Waals surface area (Å²) in [6.07, 6.45) is 0. The van der Waals surface area contributed by atoms with Crippen molar-refractivity contribution in [1.82, 2.24) is 50.2 Å². The SMILES string of the molecule is Cn1nnnc1SCC(=O)N1CCN(Cc2nnnn2-c2ccc(F)cc2)CC1. The van der Waals surface area contributed by atoms with Gasteiger partial charge in [0.05, 0.1) is 18.0 Å². The van der Waals surface area contributed by atoms with E-state index in [1.807, 2.05) is 4.90 Å². The number of halogens is 1. The molecule has 1 aromatic carbocycles. The van der Waals surface area contributed by atoms with Crippen molar-refractivity contribution in [3.63, 3.8) is 0 Å². The van der Waals surface area contributed by atoms with Crippen LogP contribution in [-0.2, 0) is 18.4 Å². The first kappa shape index (κ1) is 19.4. The monoisotopic (exact) mass is 418 g/mol. The Balaban J connectivity index is 1.29. The van der Waals surface area contributed by atoms with Crippen LogP contribution in [0, 0.1) is 5.82 Å². The summed E-state index contributed by atoms with van der Waals surface area (Å²) >= 11 is 1.33. The minimum atomic E-state index is -0.308. The van der Waals surface area contributed by atoms with Gasteiger partial charge in [0.1, 0.15) is 5.82 Å². The molecular formula is C16H19FN10OS. The van der Waals surface area contributed by atoms with Crippen molar-refractivity contribution in [1.29, 1.82) is 0 Å². The molecule has 2 aromatic heterocycles. The first-order valence-electron chi connectivity index (χ1n) is 8.98. The van der Waals surface area contributed by atoms with Gasteiger partial charge in [-0.25, -0.2) is 9.07 Å². The molecule has 0 N–H and O–H groups in total. The molecule has 29 heavy (non-hydrogen) atoms. The zero-order valence-corrected chi connectivity index (χ0v) is 16.5. The first-order valence-corrected chi connectivity index (χ1v) is 9.97. The first-order chi connectivity index (χ1) is 14.1. The summed E-state index contributed by atoms with van der Waals surface area (Å²) in [5.74, 6) is 0.727. The summed E-state index contributed by atoms with van der Waals surface area (Å²) in [4.78, 5) is 16.5. The van der Waals surface area contributed by atoms with Gasteiger partial charge in [-0.3, -0.25) is 9.69 Å². The van der Waals surface area contributed by atoms with Crippen LogP contribution in [0.3, 0.4) is 0 Å². The quantitative estimate of drug-likeness (QED) is 0.501. The molecule has 1 aliphatic heterocycles. The number of rotatable bonds is 6. The van der Waals surface area contributed by atoms with Gasteiger partial charge >= 0.3 is 0 Å². The Morgan fingerprint density at radius 2 is 1.79 bits per heavy atom. The fourth-order valence-corrected chi connectivity index (χ4v) is 3.76. The molecule has 152 valence electrons. The summed E-state index contributed by atoms with van der Waals surface area (Å²) < 4.78 is 16.3. The second kappa shape index (κ2) is 8.61. The van der Waals surface area contributed by atoms with E-state index in [1.165, 1.54) is 23.9 Å². The molecule has 1 fully saturated rings. The van der Waals surface area contributed by atoms with Crippen LogP contribution in [0.25, 0.3) is 5.69 Å². The van der Waals surface area contributed by atoms with Gasteiger partial charge in [0.15, 0.2) is 5.82 Å². The molecule has 3 aromatic rings. The number of amides is 1. The average molecular weight is 418 g/mol. The number of piperazine rings is 1. The molecule has 1 amide bonds. The third-order valence-corrected chi connectivity index (χ3v) is 5.60. The van der Waals surface area contributed by atoms with Crippen LogP contribution in [0.5, 0.6) is 0 Å². The number of carbonyl (C=O) groups excluding carboxylic acids is 1. The zero-order valence-electron chi connectivity index (χ0n) is 15.7. The zero-order chi connectivity index (χ0) is 20.2. The molecule has 0 bridgehead atoms. The second-order valence-electron chi connectivity index (χ2n) is 6.51. The number of hydrogen-bond donors (Lipinski definition) is 0. The maximum Gasteiger partial charge on any atom is 0.233 e. The molecule has 1 saturated heterocycles. The minimum absolute atomic E-state index is 0.0637. The van der Waals surface area contributed by atoms with E-state index in [9.17, 15) is 9.18 Å². The lowest BCUT2D eigenvalue weighted by molar-refractivity contribution is -0.130. The predicted octanol–water partition coefficient (Wildman–Crippen LogP) is -0.239. The predicted molar refractivity (Wildman–Crippen MR) is 100 cm³/mol. The Hall–Kier alpha value is -2.93. The van der Waals surface area contributed by atoms with Crippen molar-refractivity contribution >= 4 is 17.7 Å². The molecule has 0 unspecified atom stereocenters. The van der Waals surface area contributed by atoms with E-state index in [1.54, 1.807) is 28.5 Å². The lowest BCUT2D eigenvalue weighted by atomic mass is 10.3. The normalized spacial score (nSPS) is 15.0. The minimum Gasteiger partial charge on any atom is -0.339 e. The highest BCUT2D eigenvalue weighted by atomic mass is 32.2. The average Bonchev–Trinajstić information content (AvgIpc) is 3.36. The molecule has 0 radical (unpaired) electrons. The van der Waals surface area contributed by atoms with Crippen LogP contribution in [0.15, 0.2) is 29.4 Å². The highest BCUT2D eigenvalue weighted by Crippen LogP contribution is 2.15. The standard InChI is InChI=1S/C16H19FN10OS/c1-24-16(19-21-22-24)29-11-15(28)26-8-6-25(7-9-26)10-14-18-20-23-27(14)13-4-2-12(17)3-5-13/h2-5H,6-11H2,1H3. The Labute approximate surface area is 169 Å². The molecular weight excluding hydrogens is 399 g/mol. The molecule has 3 heterocycles. The van der Waals surface area contributed by atoms with Crippen molar-refractivity contribution in [2.45, 2.75) is 11.7 Å². The third-order valence-electron chi connectivity index (χ3n) is 4.60. The van der Waals surface area contributed by atoms with E-state index in [4.69, 9.17) is 0 Å². The number of aryl methyl sites for hydroxylation is 1. The number of aromatic nitrogens is 8. The van der Waals surface area contributed by atoms with Gasteiger partial charge in [0, 0.05) is 33.2 Å². The molecule has 4 rings (SSSR count). The van der Waals surface area contributed by atoms with E-state index in [2.05, 4.69) is 36.0 Å². The molecule has 13 heteroatoms. The van der Waals surface area contributed by atoms with E-state index in [0.29, 0.717) is 42.1 Å². The maximum atomic E-state index is 13.1. The van der Waals surface area contributed by atoms with Gasteiger partial charge in [-0.15, -0.1) is 10.2 Å². The number of hydrogen-bond acceptors (Lipinski definition) is 9. The Bertz CT molecular complexity index is 966. The van der Waals surface area contributed by atoms with Crippen molar-refractivity contribution in [3.05, 3.63) is 35.9 Å². The highest BCUT2D eigenvalue weighted by molar-refractivity contribution is 7.99. The number of carbonyl (C=O) groups is 1. The van der Waals surface area contributed by atoms with Gasteiger partial charge < -0.3 is 4.90 Å². The van der Waals surface area contributed by atoms with Crippen LogP contribution in [0.4, 0.5) is 4.39 Å². The fraction of sp³-hybridized carbons (Fsp3) is 0.438. The smallest absolute Gasteiger partial charge is 0.233 e. The van der Waals surface area contributed by atoms with Crippen LogP contribution < -0.4 is 0 Å². The number of benzene rings is 1. The lowest BCUT2D eigenvalue weighted by Crippen LogP contribution is -2.49. The molecule has 1 aliphatic rings. The van der Waals surface area contributed by atoms with Gasteiger partial charge in [-0.2, -0.15) is 4.68 Å². The van der Waals surface area contributed by atoms with Crippen molar-refractivity contribution in [3.8, 4) is 5.69 Å². The van der Waals surface area contributed by atoms with E-state index in [0.717, 1.165) is 13.1 Å². The van der Waals surface area contributed by atoms with Crippen molar-refractivity contribution in [2.24, 2.45) is 7.05 Å². The number of nitrogens with zero attached hydrogens (tertiary/aromatic N) is 10. The largest absolute Gasteiger partial charge is 0.339 e. The summed E-state index contributed by atoms with van der Waals surface area (Å²) in [5.41, 5.74) is 0.704. The van der Waals surface area contributed by atoms with E-state index < -0.39 is 0 Å². The Morgan fingerprint density at radius 3 is 2.48 bits per heavy atom. The second-order valence-corrected chi connectivity index (χ2v) is 7.46. The molecule has 0 aliphatic carbocycles. The van der Waals surface area contributed by atoms with Crippen molar-refractivity contribution < 1.29 is 9.18 Å². The van der Waals surface area contributed by atoms with Gasteiger partial charge in [-0.1, -0.05) is 11.8 Å². The molecule has 0 spiro atoms. The number of thioether (sulfide) groups is 1. The Kier molecular flexibility index (Phi) is 5.76. The van der Waals surface area contributed by atoms with Crippen LogP contribution in [0.1, 0.15) is 5.82 Å². The Morgan fingerprint density at radius 1 is 1.07 bits per heavy atom. The topological polar surface area (TPSA) is 111 Å². The maximum absolute atomic E-state index is 13.1. The summed E-state index contributed by atoms with van der Waals surface area (Å²) in [6, 6.07) is 6.02. The van der Waals surface area contributed by atoms with E-state index in [-0.39, 0.29) is 11.7 Å². The third kappa shape index (κ3) is 4.56. The van der Waals surface area contributed by atoms with E-state index >= 15 is 0 Å². The highest BCUT2D eigenvalue weighted by Gasteiger charge is 2.23. The molecule has 0 saturated carbocycles.